The number of morpholine rings is 1. The second-order valence-corrected chi connectivity index (χ2v) is 6.73. The Morgan fingerprint density at radius 3 is 2.74 bits per heavy atom. The SMILES string of the molecule is O=C1CCSC[C@H](C(=O)Nc2ccc(N3CCOCC3)cc2)N1. The van der Waals surface area contributed by atoms with E-state index in [2.05, 4.69) is 15.5 Å². The van der Waals surface area contributed by atoms with Crippen molar-refractivity contribution in [1.29, 1.82) is 0 Å². The van der Waals surface area contributed by atoms with E-state index in [4.69, 9.17) is 4.74 Å². The van der Waals surface area contributed by atoms with Crippen LogP contribution in [0.1, 0.15) is 6.42 Å². The first-order valence-corrected chi connectivity index (χ1v) is 8.98. The van der Waals surface area contributed by atoms with Crippen LogP contribution in [0.3, 0.4) is 0 Å². The summed E-state index contributed by atoms with van der Waals surface area (Å²) in [5, 5.41) is 5.65. The standard InChI is InChI=1S/C16H21N3O3S/c20-15-5-10-23-11-14(18-15)16(21)17-12-1-3-13(4-2-12)19-6-8-22-9-7-19/h1-4,14H,5-11H2,(H,17,21)(H,18,20)/t14-/m1/s1. The molecule has 2 saturated heterocycles. The number of benzene rings is 1. The van der Waals surface area contributed by atoms with Crippen LogP contribution in [0.25, 0.3) is 0 Å². The molecule has 23 heavy (non-hydrogen) atoms. The van der Waals surface area contributed by atoms with Gasteiger partial charge in [0.25, 0.3) is 0 Å². The van der Waals surface area contributed by atoms with Crippen LogP contribution in [0.4, 0.5) is 11.4 Å². The van der Waals surface area contributed by atoms with Gasteiger partial charge in [-0.1, -0.05) is 0 Å². The Morgan fingerprint density at radius 2 is 2.00 bits per heavy atom. The van der Waals surface area contributed by atoms with Crippen molar-refractivity contribution < 1.29 is 14.3 Å². The maximum Gasteiger partial charge on any atom is 0.247 e. The molecule has 3 rings (SSSR count). The van der Waals surface area contributed by atoms with Crippen molar-refractivity contribution in [2.45, 2.75) is 12.5 Å². The van der Waals surface area contributed by atoms with Crippen LogP contribution in [0.5, 0.6) is 0 Å². The van der Waals surface area contributed by atoms with Gasteiger partial charge in [-0.25, -0.2) is 0 Å². The van der Waals surface area contributed by atoms with Gasteiger partial charge in [-0.2, -0.15) is 11.8 Å². The molecule has 2 fully saturated rings. The summed E-state index contributed by atoms with van der Waals surface area (Å²) in [6.07, 6.45) is 0.475. The molecule has 2 amide bonds. The van der Waals surface area contributed by atoms with Crippen molar-refractivity contribution >= 4 is 35.0 Å². The smallest absolute Gasteiger partial charge is 0.247 e. The summed E-state index contributed by atoms with van der Waals surface area (Å²) < 4.78 is 5.35. The van der Waals surface area contributed by atoms with E-state index in [9.17, 15) is 9.59 Å². The Labute approximate surface area is 139 Å². The van der Waals surface area contributed by atoms with Gasteiger partial charge in [0, 0.05) is 42.4 Å². The van der Waals surface area contributed by atoms with Crippen LogP contribution < -0.4 is 15.5 Å². The van der Waals surface area contributed by atoms with E-state index in [1.165, 1.54) is 0 Å². The van der Waals surface area contributed by atoms with Gasteiger partial charge in [0.2, 0.25) is 11.8 Å². The summed E-state index contributed by atoms with van der Waals surface area (Å²) in [5.41, 5.74) is 1.88. The highest BCUT2D eigenvalue weighted by Crippen LogP contribution is 2.19. The van der Waals surface area contributed by atoms with Crippen molar-refractivity contribution in [3.63, 3.8) is 0 Å². The number of thioether (sulfide) groups is 1. The molecule has 0 unspecified atom stereocenters. The van der Waals surface area contributed by atoms with Gasteiger partial charge in [0.05, 0.1) is 13.2 Å². The van der Waals surface area contributed by atoms with Crippen molar-refractivity contribution in [2.24, 2.45) is 0 Å². The molecular formula is C16H21N3O3S. The van der Waals surface area contributed by atoms with Gasteiger partial charge in [0.1, 0.15) is 6.04 Å². The van der Waals surface area contributed by atoms with Gasteiger partial charge < -0.3 is 20.3 Å². The fraction of sp³-hybridized carbons (Fsp3) is 0.500. The molecule has 1 atom stereocenters. The van der Waals surface area contributed by atoms with Crippen LogP contribution in [0, 0.1) is 0 Å². The molecular weight excluding hydrogens is 314 g/mol. The van der Waals surface area contributed by atoms with Crippen LogP contribution in [-0.2, 0) is 14.3 Å². The summed E-state index contributed by atoms with van der Waals surface area (Å²) in [7, 11) is 0. The molecule has 124 valence electrons. The third kappa shape index (κ3) is 4.39. The zero-order valence-electron chi connectivity index (χ0n) is 12.9. The summed E-state index contributed by atoms with van der Waals surface area (Å²) in [5.74, 6) is 1.16. The average molecular weight is 335 g/mol. The average Bonchev–Trinajstić information content (AvgIpc) is 2.81. The van der Waals surface area contributed by atoms with Crippen LogP contribution in [-0.4, -0.2) is 55.7 Å². The lowest BCUT2D eigenvalue weighted by molar-refractivity contribution is -0.125. The number of anilines is 2. The summed E-state index contributed by atoms with van der Waals surface area (Å²) in [6, 6.07) is 7.33. The molecule has 0 aliphatic carbocycles. The number of nitrogens with zero attached hydrogens (tertiary/aromatic N) is 1. The molecule has 2 heterocycles. The minimum atomic E-state index is -0.464. The summed E-state index contributed by atoms with van der Waals surface area (Å²) in [6.45, 7) is 3.27. The van der Waals surface area contributed by atoms with E-state index < -0.39 is 6.04 Å². The van der Waals surface area contributed by atoms with Gasteiger partial charge in [-0.05, 0) is 24.3 Å². The van der Waals surface area contributed by atoms with E-state index in [0.717, 1.165) is 43.4 Å². The van der Waals surface area contributed by atoms with Gasteiger partial charge in [-0.15, -0.1) is 0 Å². The maximum atomic E-state index is 12.3. The number of carbonyl (C=O) groups is 2. The van der Waals surface area contributed by atoms with Gasteiger partial charge in [-0.3, -0.25) is 9.59 Å². The van der Waals surface area contributed by atoms with E-state index >= 15 is 0 Å². The van der Waals surface area contributed by atoms with E-state index in [-0.39, 0.29) is 11.8 Å². The van der Waals surface area contributed by atoms with Crippen molar-refractivity contribution in [3.8, 4) is 0 Å². The van der Waals surface area contributed by atoms with Crippen LogP contribution >= 0.6 is 11.8 Å². The van der Waals surface area contributed by atoms with Gasteiger partial charge in [0.15, 0.2) is 0 Å². The van der Waals surface area contributed by atoms with E-state index in [1.54, 1.807) is 11.8 Å². The number of carbonyl (C=O) groups excluding carboxylic acids is 2. The van der Waals surface area contributed by atoms with E-state index in [1.807, 2.05) is 24.3 Å². The summed E-state index contributed by atoms with van der Waals surface area (Å²) in [4.78, 5) is 26.1. The molecule has 1 aromatic rings. The topological polar surface area (TPSA) is 70.7 Å². The minimum Gasteiger partial charge on any atom is -0.378 e. The lowest BCUT2D eigenvalue weighted by atomic mass is 10.2. The highest BCUT2D eigenvalue weighted by Gasteiger charge is 2.23. The van der Waals surface area contributed by atoms with Crippen molar-refractivity contribution in [2.75, 3.05) is 48.0 Å². The molecule has 0 saturated carbocycles. The molecule has 2 aliphatic heterocycles. The van der Waals surface area contributed by atoms with Gasteiger partial charge >= 0.3 is 0 Å². The zero-order chi connectivity index (χ0) is 16.1. The molecule has 0 radical (unpaired) electrons. The molecule has 0 aromatic heterocycles. The highest BCUT2D eigenvalue weighted by molar-refractivity contribution is 7.99. The maximum absolute atomic E-state index is 12.3. The zero-order valence-corrected chi connectivity index (χ0v) is 13.7. The minimum absolute atomic E-state index is 0.0576. The fourth-order valence-electron chi connectivity index (χ4n) is 2.62. The molecule has 2 N–H and O–H groups in total. The molecule has 7 heteroatoms. The van der Waals surface area contributed by atoms with Crippen LogP contribution in [0.15, 0.2) is 24.3 Å². The first-order valence-electron chi connectivity index (χ1n) is 7.83. The first kappa shape index (κ1) is 16.1. The number of ether oxygens (including phenoxy) is 1. The Balaban J connectivity index is 1.58. The Kier molecular flexibility index (Phi) is 5.40. The molecule has 6 nitrogen and oxygen atoms in total. The number of amides is 2. The lowest BCUT2D eigenvalue weighted by Gasteiger charge is -2.29. The largest absolute Gasteiger partial charge is 0.378 e. The predicted molar refractivity (Wildman–Crippen MR) is 92.0 cm³/mol. The fourth-order valence-corrected chi connectivity index (χ4v) is 3.59. The Hall–Kier alpha value is -1.73. The predicted octanol–water partition coefficient (Wildman–Crippen LogP) is 1.08. The van der Waals surface area contributed by atoms with Crippen molar-refractivity contribution in [1.82, 2.24) is 5.32 Å². The Bertz CT molecular complexity index is 558. The number of hydrogen-bond donors (Lipinski definition) is 2. The van der Waals surface area contributed by atoms with E-state index in [0.29, 0.717) is 12.2 Å². The normalized spacial score (nSPS) is 22.2. The summed E-state index contributed by atoms with van der Waals surface area (Å²) >= 11 is 1.63. The monoisotopic (exact) mass is 335 g/mol. The third-order valence-corrected chi connectivity index (χ3v) is 4.98. The molecule has 0 bridgehead atoms. The number of rotatable bonds is 3. The first-order chi connectivity index (χ1) is 11.2. The molecule has 0 spiro atoms. The van der Waals surface area contributed by atoms with Crippen molar-refractivity contribution in [3.05, 3.63) is 24.3 Å². The second kappa shape index (κ2) is 7.70. The highest BCUT2D eigenvalue weighted by atomic mass is 32.2. The lowest BCUT2D eigenvalue weighted by Crippen LogP contribution is -2.44. The number of hydrogen-bond acceptors (Lipinski definition) is 5. The quantitative estimate of drug-likeness (QED) is 0.865. The number of nitrogens with one attached hydrogen (secondary N) is 2. The molecule has 2 aliphatic rings. The third-order valence-electron chi connectivity index (χ3n) is 3.92. The molecule has 1 aromatic carbocycles. The second-order valence-electron chi connectivity index (χ2n) is 5.58. The Morgan fingerprint density at radius 1 is 1.26 bits per heavy atom. The van der Waals surface area contributed by atoms with Crippen LogP contribution in [0.2, 0.25) is 0 Å².